The van der Waals surface area contributed by atoms with Crippen LogP contribution in [0.3, 0.4) is 0 Å². The molecule has 0 bridgehead atoms. The lowest BCUT2D eigenvalue weighted by molar-refractivity contribution is -0.137. The molecule has 1 aliphatic heterocycles. The summed E-state index contributed by atoms with van der Waals surface area (Å²) in [6.45, 7) is 2.94. The van der Waals surface area contributed by atoms with E-state index in [2.05, 4.69) is 27.6 Å². The maximum Gasteiger partial charge on any atom is 0.418 e. The molecule has 0 amide bonds. The summed E-state index contributed by atoms with van der Waals surface area (Å²) in [5.41, 5.74) is 8.37. The first-order valence-electron chi connectivity index (χ1n) is 9.24. The molecule has 160 valence electrons. The molecule has 2 aromatic carbocycles. The molecule has 0 saturated carbocycles. The van der Waals surface area contributed by atoms with E-state index in [1.807, 2.05) is 24.3 Å². The summed E-state index contributed by atoms with van der Waals surface area (Å²) >= 11 is 10.8. The molecule has 1 saturated heterocycles. The quantitative estimate of drug-likeness (QED) is 0.407. The highest BCUT2D eigenvalue weighted by Gasteiger charge is 2.35. The number of thiocarbonyl (C=S) groups is 1. The summed E-state index contributed by atoms with van der Waals surface area (Å²) in [5, 5.41) is 4.36. The van der Waals surface area contributed by atoms with Crippen LogP contribution in [0.4, 0.5) is 18.9 Å². The van der Waals surface area contributed by atoms with Gasteiger partial charge in [-0.3, -0.25) is 10.3 Å². The zero-order chi connectivity index (χ0) is 21.7. The van der Waals surface area contributed by atoms with Gasteiger partial charge in [-0.1, -0.05) is 35.9 Å². The number of halogens is 4. The van der Waals surface area contributed by atoms with Crippen LogP contribution in [0, 0.1) is 0 Å². The summed E-state index contributed by atoms with van der Waals surface area (Å²) < 4.78 is 41.1. The first-order chi connectivity index (χ1) is 14.2. The molecule has 0 aromatic heterocycles. The Balaban J connectivity index is 1.72. The van der Waals surface area contributed by atoms with Crippen molar-refractivity contribution in [2.75, 3.05) is 31.1 Å². The van der Waals surface area contributed by atoms with Crippen LogP contribution in [0.1, 0.15) is 16.7 Å². The van der Waals surface area contributed by atoms with Crippen molar-refractivity contribution in [3.8, 4) is 0 Å². The topological polar surface area (TPSA) is 56.9 Å². The highest BCUT2D eigenvalue weighted by atomic mass is 35.5. The van der Waals surface area contributed by atoms with Gasteiger partial charge in [0.1, 0.15) is 0 Å². The fourth-order valence-corrected chi connectivity index (χ4v) is 3.57. The van der Waals surface area contributed by atoms with Gasteiger partial charge in [-0.25, -0.2) is 0 Å². The summed E-state index contributed by atoms with van der Waals surface area (Å²) in [6.07, 6.45) is -3.23. The van der Waals surface area contributed by atoms with Gasteiger partial charge >= 0.3 is 6.18 Å². The molecule has 3 N–H and O–H groups in total. The van der Waals surface area contributed by atoms with Crippen molar-refractivity contribution in [1.82, 2.24) is 10.3 Å². The molecular weight excluding hydrogens is 435 g/mol. The predicted octanol–water partition coefficient (Wildman–Crippen LogP) is 3.85. The van der Waals surface area contributed by atoms with Gasteiger partial charge in [0.25, 0.3) is 0 Å². The van der Waals surface area contributed by atoms with Crippen LogP contribution in [-0.4, -0.2) is 42.4 Å². The van der Waals surface area contributed by atoms with Crippen LogP contribution < -0.4 is 16.1 Å². The highest BCUT2D eigenvalue weighted by molar-refractivity contribution is 7.80. The Hall–Kier alpha value is -2.36. The normalized spacial score (nSPS) is 15.5. The van der Waals surface area contributed by atoms with Crippen molar-refractivity contribution >= 4 is 40.8 Å². The number of nitrogens with one attached hydrogen (secondary N) is 1. The lowest BCUT2D eigenvalue weighted by Crippen LogP contribution is -2.46. The number of nitrogens with two attached hydrogens (primary N) is 1. The van der Waals surface area contributed by atoms with Crippen molar-refractivity contribution in [1.29, 1.82) is 0 Å². The minimum atomic E-state index is -4.48. The Morgan fingerprint density at radius 2 is 1.87 bits per heavy atom. The molecule has 5 nitrogen and oxygen atoms in total. The minimum absolute atomic E-state index is 0.0615. The zero-order valence-electron chi connectivity index (χ0n) is 16.0. The minimum Gasteiger partial charge on any atom is -0.375 e. The molecule has 1 heterocycles. The molecule has 30 heavy (non-hydrogen) atoms. The molecule has 0 aliphatic carbocycles. The van der Waals surface area contributed by atoms with Crippen LogP contribution in [0.5, 0.6) is 0 Å². The molecule has 10 heteroatoms. The van der Waals surface area contributed by atoms with Gasteiger partial charge in [0, 0.05) is 43.4 Å². The average Bonchev–Trinajstić information content (AvgIpc) is 2.69. The molecule has 0 spiro atoms. The van der Waals surface area contributed by atoms with Crippen molar-refractivity contribution < 1.29 is 13.2 Å². The van der Waals surface area contributed by atoms with E-state index in [0.29, 0.717) is 43.3 Å². The van der Waals surface area contributed by atoms with Crippen LogP contribution in [0.15, 0.2) is 47.6 Å². The Bertz CT molecular complexity index is 927. The second-order valence-corrected chi connectivity index (χ2v) is 7.71. The first kappa shape index (κ1) is 22.3. The average molecular weight is 456 g/mol. The monoisotopic (exact) mass is 455 g/mol. The molecule has 1 fully saturated rings. The van der Waals surface area contributed by atoms with Gasteiger partial charge in [0.15, 0.2) is 5.11 Å². The number of nitrogens with zero attached hydrogens (tertiary/aromatic N) is 3. The van der Waals surface area contributed by atoms with Crippen molar-refractivity contribution in [2.45, 2.75) is 12.7 Å². The zero-order valence-corrected chi connectivity index (χ0v) is 17.6. The smallest absolute Gasteiger partial charge is 0.375 e. The van der Waals surface area contributed by atoms with E-state index in [0.717, 1.165) is 11.6 Å². The van der Waals surface area contributed by atoms with E-state index in [9.17, 15) is 13.2 Å². The summed E-state index contributed by atoms with van der Waals surface area (Å²) in [7, 11) is 0. The second kappa shape index (κ2) is 9.63. The predicted molar refractivity (Wildman–Crippen MR) is 118 cm³/mol. The van der Waals surface area contributed by atoms with Crippen molar-refractivity contribution in [3.63, 3.8) is 0 Å². The van der Waals surface area contributed by atoms with E-state index in [1.54, 1.807) is 11.0 Å². The number of alkyl halides is 3. The molecular formula is C20H21ClF3N5S. The number of piperazine rings is 1. The molecule has 0 atom stereocenters. The van der Waals surface area contributed by atoms with Crippen LogP contribution in [0.2, 0.25) is 5.02 Å². The van der Waals surface area contributed by atoms with Crippen LogP contribution in [-0.2, 0) is 12.7 Å². The largest absolute Gasteiger partial charge is 0.418 e. The SMILES string of the molecule is NC(=S)NN=Cc1ccc(N2CCN(Cc3ccccc3Cl)CC2)c(C(F)(F)F)c1. The fourth-order valence-electron chi connectivity index (χ4n) is 3.32. The standard InChI is InChI=1S/C20H21ClF3N5S/c21-17-4-2-1-3-15(17)13-28-7-9-29(10-8-28)18-6-5-14(12-26-27-19(25)30)11-16(18)20(22,23)24/h1-6,11-12H,7-10,13H2,(H3,25,27,30). The van der Waals surface area contributed by atoms with E-state index in [1.165, 1.54) is 12.3 Å². The number of hydrogen-bond donors (Lipinski definition) is 2. The van der Waals surface area contributed by atoms with E-state index in [-0.39, 0.29) is 10.8 Å². The van der Waals surface area contributed by atoms with Gasteiger partial charge in [0.05, 0.1) is 11.8 Å². The third-order valence-corrected chi connectivity index (χ3v) is 5.24. The molecule has 1 aliphatic rings. The third kappa shape index (κ3) is 5.84. The highest BCUT2D eigenvalue weighted by Crippen LogP contribution is 2.37. The third-order valence-electron chi connectivity index (χ3n) is 4.78. The maximum absolute atomic E-state index is 13.7. The lowest BCUT2D eigenvalue weighted by Gasteiger charge is -2.37. The summed E-state index contributed by atoms with van der Waals surface area (Å²) in [4.78, 5) is 3.95. The van der Waals surface area contributed by atoms with Gasteiger partial charge in [0.2, 0.25) is 0 Å². The molecule has 2 aromatic rings. The Kier molecular flexibility index (Phi) is 7.17. The summed E-state index contributed by atoms with van der Waals surface area (Å²) in [5.74, 6) is 0. The number of benzene rings is 2. The Morgan fingerprint density at radius 3 is 2.50 bits per heavy atom. The van der Waals surface area contributed by atoms with E-state index in [4.69, 9.17) is 17.3 Å². The van der Waals surface area contributed by atoms with E-state index < -0.39 is 11.7 Å². The molecule has 0 unspecified atom stereocenters. The Morgan fingerprint density at radius 1 is 1.17 bits per heavy atom. The number of rotatable bonds is 5. The first-order valence-corrected chi connectivity index (χ1v) is 10.0. The molecule has 3 rings (SSSR count). The molecule has 0 radical (unpaired) electrons. The van der Waals surface area contributed by atoms with Crippen molar-refractivity contribution in [2.24, 2.45) is 10.8 Å². The Labute approximate surface area is 183 Å². The van der Waals surface area contributed by atoms with Crippen LogP contribution in [0.25, 0.3) is 0 Å². The second-order valence-electron chi connectivity index (χ2n) is 6.86. The van der Waals surface area contributed by atoms with Crippen molar-refractivity contribution in [3.05, 3.63) is 64.2 Å². The lowest BCUT2D eigenvalue weighted by atomic mass is 10.1. The number of hydrogen-bond acceptors (Lipinski definition) is 4. The van der Waals surface area contributed by atoms with E-state index >= 15 is 0 Å². The fraction of sp³-hybridized carbons (Fsp3) is 0.300. The van der Waals surface area contributed by atoms with Crippen LogP contribution >= 0.6 is 23.8 Å². The van der Waals surface area contributed by atoms with Gasteiger partial charge in [-0.2, -0.15) is 18.3 Å². The number of hydrazone groups is 1. The van der Waals surface area contributed by atoms with Gasteiger partial charge < -0.3 is 10.6 Å². The summed E-state index contributed by atoms with van der Waals surface area (Å²) in [6, 6.07) is 11.7. The van der Waals surface area contributed by atoms with Gasteiger partial charge in [-0.15, -0.1) is 0 Å². The van der Waals surface area contributed by atoms with Gasteiger partial charge in [-0.05, 0) is 41.5 Å². The maximum atomic E-state index is 13.7. The number of anilines is 1.